The van der Waals surface area contributed by atoms with Gasteiger partial charge in [0, 0.05) is 32.8 Å². The van der Waals surface area contributed by atoms with Gasteiger partial charge in [-0.15, -0.1) is 11.3 Å². The molecule has 1 unspecified atom stereocenters. The molecule has 0 aliphatic carbocycles. The molecule has 1 N–H and O–H groups in total. The number of halogens is 2. The van der Waals surface area contributed by atoms with Crippen molar-refractivity contribution in [1.82, 2.24) is 5.32 Å². The molecule has 0 spiro atoms. The molecule has 0 saturated carbocycles. The molecule has 0 aliphatic rings. The lowest BCUT2D eigenvalue weighted by molar-refractivity contribution is 0.532. The van der Waals surface area contributed by atoms with Crippen molar-refractivity contribution in [3.8, 4) is 0 Å². The van der Waals surface area contributed by atoms with Crippen LogP contribution in [0.2, 0.25) is 0 Å². The summed E-state index contributed by atoms with van der Waals surface area (Å²) in [6.07, 6.45) is 0.799. The summed E-state index contributed by atoms with van der Waals surface area (Å²) in [5.74, 6) is -0.104. The fraction of sp³-hybridized carbons (Fsp3) is 0.286. The number of aryl methyl sites for hydroxylation is 1. The summed E-state index contributed by atoms with van der Waals surface area (Å²) in [6.45, 7) is 1.80. The summed E-state index contributed by atoms with van der Waals surface area (Å²) < 4.78 is 15.2. The van der Waals surface area contributed by atoms with Crippen LogP contribution in [0.15, 0.2) is 34.1 Å². The standard InChI is InChI=1S/C14H15BrFNS/c1-9-4-3-5-12(14(9)16)13(17-2)7-11-6-10(15)8-18-11/h3-6,8,13,17H,7H2,1-2H3. The third-order valence-electron chi connectivity index (χ3n) is 2.97. The van der Waals surface area contributed by atoms with Crippen LogP contribution in [-0.4, -0.2) is 7.05 Å². The summed E-state index contributed by atoms with van der Waals surface area (Å²) in [5, 5.41) is 5.25. The van der Waals surface area contributed by atoms with Crippen LogP contribution in [0.25, 0.3) is 0 Å². The second-order valence-electron chi connectivity index (χ2n) is 4.25. The smallest absolute Gasteiger partial charge is 0.130 e. The molecule has 0 amide bonds. The van der Waals surface area contributed by atoms with Crippen molar-refractivity contribution >= 4 is 27.3 Å². The molecule has 1 heterocycles. The minimum atomic E-state index is -0.104. The fourth-order valence-electron chi connectivity index (χ4n) is 1.97. The predicted octanol–water partition coefficient (Wildman–Crippen LogP) is 4.46. The highest BCUT2D eigenvalue weighted by molar-refractivity contribution is 9.10. The monoisotopic (exact) mass is 327 g/mol. The Morgan fingerprint density at radius 2 is 2.22 bits per heavy atom. The van der Waals surface area contributed by atoms with Gasteiger partial charge >= 0.3 is 0 Å². The van der Waals surface area contributed by atoms with Gasteiger partial charge in [0.05, 0.1) is 0 Å². The topological polar surface area (TPSA) is 12.0 Å². The Morgan fingerprint density at radius 3 is 2.83 bits per heavy atom. The molecule has 4 heteroatoms. The van der Waals surface area contributed by atoms with Crippen LogP contribution in [0.3, 0.4) is 0 Å². The molecule has 1 aromatic heterocycles. The number of benzene rings is 1. The molecule has 96 valence electrons. The Morgan fingerprint density at radius 1 is 1.44 bits per heavy atom. The fourth-order valence-corrected chi connectivity index (χ4v) is 3.47. The lowest BCUT2D eigenvalue weighted by Crippen LogP contribution is -2.20. The zero-order valence-electron chi connectivity index (χ0n) is 10.3. The van der Waals surface area contributed by atoms with Gasteiger partial charge in [-0.2, -0.15) is 0 Å². The van der Waals surface area contributed by atoms with E-state index in [1.54, 1.807) is 24.3 Å². The van der Waals surface area contributed by atoms with Gasteiger partial charge in [-0.3, -0.25) is 0 Å². The summed E-state index contributed by atoms with van der Waals surface area (Å²) >= 11 is 5.13. The minimum Gasteiger partial charge on any atom is -0.313 e. The molecule has 1 atom stereocenters. The van der Waals surface area contributed by atoms with Gasteiger partial charge in [0.2, 0.25) is 0 Å². The average molecular weight is 328 g/mol. The van der Waals surface area contributed by atoms with Crippen LogP contribution in [0.4, 0.5) is 4.39 Å². The summed E-state index contributed by atoms with van der Waals surface area (Å²) in [6, 6.07) is 7.65. The molecule has 18 heavy (non-hydrogen) atoms. The second kappa shape index (κ2) is 5.95. The van der Waals surface area contributed by atoms with Crippen molar-refractivity contribution in [2.24, 2.45) is 0 Å². The van der Waals surface area contributed by atoms with E-state index >= 15 is 0 Å². The minimum absolute atomic E-state index is 0.00968. The summed E-state index contributed by atoms with van der Waals surface area (Å²) in [7, 11) is 1.87. The van der Waals surface area contributed by atoms with Crippen LogP contribution in [-0.2, 0) is 6.42 Å². The molecule has 0 aliphatic heterocycles. The van der Waals surface area contributed by atoms with Gasteiger partial charge in [0.15, 0.2) is 0 Å². The first-order valence-corrected chi connectivity index (χ1v) is 7.44. The van der Waals surface area contributed by atoms with Crippen molar-refractivity contribution in [2.45, 2.75) is 19.4 Å². The molecule has 2 rings (SSSR count). The number of thiophene rings is 1. The van der Waals surface area contributed by atoms with Crippen molar-refractivity contribution in [3.63, 3.8) is 0 Å². The molecular weight excluding hydrogens is 313 g/mol. The average Bonchev–Trinajstić information content (AvgIpc) is 2.76. The Hall–Kier alpha value is -0.710. The molecule has 0 saturated heterocycles. The van der Waals surface area contributed by atoms with E-state index in [0.29, 0.717) is 5.56 Å². The predicted molar refractivity (Wildman–Crippen MR) is 78.7 cm³/mol. The first-order valence-electron chi connectivity index (χ1n) is 5.77. The largest absolute Gasteiger partial charge is 0.313 e. The van der Waals surface area contributed by atoms with E-state index in [1.807, 2.05) is 19.2 Å². The highest BCUT2D eigenvalue weighted by Gasteiger charge is 2.16. The van der Waals surface area contributed by atoms with E-state index in [0.717, 1.165) is 16.5 Å². The Bertz CT molecular complexity index is 538. The molecular formula is C14H15BrFNS. The van der Waals surface area contributed by atoms with E-state index in [4.69, 9.17) is 0 Å². The van der Waals surface area contributed by atoms with Gasteiger partial charge in [-0.25, -0.2) is 4.39 Å². The van der Waals surface area contributed by atoms with Crippen molar-refractivity contribution in [2.75, 3.05) is 7.05 Å². The third-order valence-corrected chi connectivity index (χ3v) is 4.69. The lowest BCUT2D eigenvalue weighted by Gasteiger charge is -2.17. The van der Waals surface area contributed by atoms with E-state index in [1.165, 1.54) is 4.88 Å². The van der Waals surface area contributed by atoms with Gasteiger partial charge in [-0.1, -0.05) is 18.2 Å². The quantitative estimate of drug-likeness (QED) is 0.874. The zero-order chi connectivity index (χ0) is 13.1. The van der Waals surface area contributed by atoms with Gasteiger partial charge in [0.25, 0.3) is 0 Å². The number of hydrogen-bond donors (Lipinski definition) is 1. The van der Waals surface area contributed by atoms with Gasteiger partial charge in [-0.05, 0) is 41.5 Å². The van der Waals surface area contributed by atoms with E-state index in [9.17, 15) is 4.39 Å². The van der Waals surface area contributed by atoms with Crippen LogP contribution >= 0.6 is 27.3 Å². The Balaban J connectivity index is 2.25. The maximum Gasteiger partial charge on any atom is 0.130 e. The van der Waals surface area contributed by atoms with Crippen molar-refractivity contribution in [3.05, 3.63) is 55.9 Å². The SMILES string of the molecule is CNC(Cc1cc(Br)cs1)c1cccc(C)c1F. The third kappa shape index (κ3) is 2.99. The first-order chi connectivity index (χ1) is 8.61. The number of likely N-dealkylation sites (N-methyl/N-ethyl adjacent to an activating group) is 1. The summed E-state index contributed by atoms with van der Waals surface area (Å²) in [5.41, 5.74) is 1.43. The van der Waals surface area contributed by atoms with Crippen LogP contribution in [0.5, 0.6) is 0 Å². The lowest BCUT2D eigenvalue weighted by atomic mass is 10.0. The van der Waals surface area contributed by atoms with E-state index in [-0.39, 0.29) is 11.9 Å². The normalized spacial score (nSPS) is 12.7. The molecule has 2 aromatic rings. The van der Waals surface area contributed by atoms with E-state index in [2.05, 4.69) is 32.7 Å². The summed E-state index contributed by atoms with van der Waals surface area (Å²) in [4.78, 5) is 1.24. The van der Waals surface area contributed by atoms with Crippen molar-refractivity contribution in [1.29, 1.82) is 0 Å². The van der Waals surface area contributed by atoms with E-state index < -0.39 is 0 Å². The Kier molecular flexibility index (Phi) is 4.54. The number of hydrogen-bond acceptors (Lipinski definition) is 2. The molecule has 0 fully saturated rings. The molecule has 0 bridgehead atoms. The maximum absolute atomic E-state index is 14.1. The van der Waals surface area contributed by atoms with Gasteiger partial charge in [0.1, 0.15) is 5.82 Å². The maximum atomic E-state index is 14.1. The Labute approximate surface area is 119 Å². The highest BCUT2D eigenvalue weighted by Crippen LogP contribution is 2.27. The van der Waals surface area contributed by atoms with Crippen LogP contribution in [0.1, 0.15) is 22.0 Å². The zero-order valence-corrected chi connectivity index (χ0v) is 12.7. The number of nitrogens with one attached hydrogen (secondary N) is 1. The van der Waals surface area contributed by atoms with Crippen molar-refractivity contribution < 1.29 is 4.39 Å². The highest BCUT2D eigenvalue weighted by atomic mass is 79.9. The van der Waals surface area contributed by atoms with Crippen LogP contribution < -0.4 is 5.32 Å². The molecule has 1 aromatic carbocycles. The first kappa shape index (κ1) is 13.7. The van der Waals surface area contributed by atoms with Crippen LogP contribution in [0, 0.1) is 12.7 Å². The molecule has 0 radical (unpaired) electrons. The number of rotatable bonds is 4. The van der Waals surface area contributed by atoms with Gasteiger partial charge < -0.3 is 5.32 Å². The molecule has 1 nitrogen and oxygen atoms in total. The second-order valence-corrected chi connectivity index (χ2v) is 6.17.